The summed E-state index contributed by atoms with van der Waals surface area (Å²) in [5, 5.41) is 1.07. The molecule has 1 aromatic carbocycles. The zero-order valence-corrected chi connectivity index (χ0v) is 16.0. The average Bonchev–Trinajstić information content (AvgIpc) is 3.16. The molecule has 0 radical (unpaired) electrons. The summed E-state index contributed by atoms with van der Waals surface area (Å²) in [6.45, 7) is 1.18. The number of aromatic nitrogens is 1. The number of H-pyrrole nitrogens is 1. The summed E-state index contributed by atoms with van der Waals surface area (Å²) in [6, 6.07) is 7.62. The second-order valence-electron chi connectivity index (χ2n) is 7.41. The highest BCUT2D eigenvalue weighted by molar-refractivity contribution is 7.95. The number of allylic oxidation sites excluding steroid dienone is 3. The molecule has 5 nitrogen and oxygen atoms in total. The summed E-state index contributed by atoms with van der Waals surface area (Å²) in [5.41, 5.74) is 1.58. The second-order valence-corrected chi connectivity index (χ2v) is 9.44. The summed E-state index contributed by atoms with van der Waals surface area (Å²) >= 11 is 0. The number of benzene rings is 1. The molecular weight excluding hydrogens is 360 g/mol. The molecule has 1 aliphatic heterocycles. The van der Waals surface area contributed by atoms with Crippen molar-refractivity contribution >= 4 is 26.6 Å². The van der Waals surface area contributed by atoms with Gasteiger partial charge in [0, 0.05) is 31.8 Å². The summed E-state index contributed by atoms with van der Waals surface area (Å²) in [4.78, 5) is 18.3. The van der Waals surface area contributed by atoms with Gasteiger partial charge in [-0.15, -0.1) is 0 Å². The van der Waals surface area contributed by atoms with Gasteiger partial charge >= 0.3 is 0 Å². The Morgan fingerprint density at radius 1 is 1.26 bits per heavy atom. The van der Waals surface area contributed by atoms with Crippen molar-refractivity contribution in [2.24, 2.45) is 5.92 Å². The van der Waals surface area contributed by atoms with Gasteiger partial charge in [-0.1, -0.05) is 18.2 Å². The normalized spacial score (nSPS) is 20.7. The maximum Gasteiger partial charge on any atom is 0.253 e. The minimum absolute atomic E-state index is 0. The summed E-state index contributed by atoms with van der Waals surface area (Å²) in [7, 11) is -3.29. The third-order valence-corrected chi connectivity index (χ3v) is 7.31. The smallest absolute Gasteiger partial charge is 0.253 e. The second kappa shape index (κ2) is 7.35. The Kier molecular flexibility index (Phi) is 4.91. The van der Waals surface area contributed by atoms with E-state index in [2.05, 4.69) is 4.98 Å². The maximum atomic E-state index is 12.9. The van der Waals surface area contributed by atoms with E-state index in [-0.39, 0.29) is 19.0 Å². The Morgan fingerprint density at radius 2 is 2.15 bits per heavy atom. The van der Waals surface area contributed by atoms with Crippen LogP contribution >= 0.6 is 0 Å². The molecular formula is C21H26N2O3S. The molecule has 2 aromatic rings. The van der Waals surface area contributed by atoms with Crippen LogP contribution in [-0.2, 0) is 9.84 Å². The highest BCUT2D eigenvalue weighted by atomic mass is 32.2. The molecule has 144 valence electrons. The van der Waals surface area contributed by atoms with Gasteiger partial charge in [0.25, 0.3) is 5.91 Å². The monoisotopic (exact) mass is 386 g/mol. The van der Waals surface area contributed by atoms with Gasteiger partial charge in [0.1, 0.15) is 0 Å². The van der Waals surface area contributed by atoms with Gasteiger partial charge in [0.2, 0.25) is 0 Å². The molecule has 27 heavy (non-hydrogen) atoms. The van der Waals surface area contributed by atoms with Crippen LogP contribution in [0.1, 0.15) is 37.5 Å². The number of nitrogens with zero attached hydrogens (tertiary/aromatic N) is 1. The Bertz CT molecular complexity index is 1020. The number of aromatic amines is 1. The largest absolute Gasteiger partial charge is 0.361 e. The van der Waals surface area contributed by atoms with E-state index in [0.717, 1.165) is 36.6 Å². The highest BCUT2D eigenvalue weighted by Gasteiger charge is 2.29. The van der Waals surface area contributed by atoms with Gasteiger partial charge in [-0.2, -0.15) is 0 Å². The third-order valence-electron chi connectivity index (χ3n) is 5.38. The Balaban J connectivity index is 0.00000225. The first kappa shape index (κ1) is 18.0. The van der Waals surface area contributed by atoms with E-state index >= 15 is 0 Å². The van der Waals surface area contributed by atoms with Crippen LogP contribution in [0.5, 0.6) is 0 Å². The molecule has 6 heteroatoms. The average molecular weight is 387 g/mol. The molecule has 0 saturated carbocycles. The SMILES string of the molecule is O=C(c1ccc2cc[nH]c2c1)N1CCCC(CS(=O)(=O)C2=CCCC=C2)C1.[HH]. The molecule has 1 fully saturated rings. The zero-order chi connectivity index (χ0) is 18.9. The van der Waals surface area contributed by atoms with Crippen LogP contribution in [0.3, 0.4) is 0 Å². The molecule has 1 atom stereocenters. The standard InChI is InChI=1S/C21H24N2O3S.H2/c24-21(18-9-8-17-10-11-22-20(17)13-18)23-12-4-5-16(14-23)15-27(25,26)19-6-2-1-3-7-19;/h2,6-11,13,16,22H,1,3-5,12,14-15H2;1H. The van der Waals surface area contributed by atoms with E-state index < -0.39 is 9.84 Å². The van der Waals surface area contributed by atoms with Crippen molar-refractivity contribution in [2.45, 2.75) is 25.7 Å². The Morgan fingerprint density at radius 3 is 2.96 bits per heavy atom. The van der Waals surface area contributed by atoms with Crippen LogP contribution in [-0.4, -0.2) is 43.1 Å². The molecule has 0 spiro atoms. The number of piperidine rings is 1. The lowest BCUT2D eigenvalue weighted by molar-refractivity contribution is 0.0684. The zero-order valence-electron chi connectivity index (χ0n) is 15.2. The summed E-state index contributed by atoms with van der Waals surface area (Å²) in [6.07, 6.45) is 10.7. The van der Waals surface area contributed by atoms with Gasteiger partial charge in [0.05, 0.1) is 10.7 Å². The van der Waals surface area contributed by atoms with Crippen LogP contribution < -0.4 is 0 Å². The van der Waals surface area contributed by atoms with Crippen molar-refractivity contribution in [1.82, 2.24) is 9.88 Å². The Hall–Kier alpha value is -2.34. The number of rotatable bonds is 4. The van der Waals surface area contributed by atoms with Crippen molar-refractivity contribution in [1.29, 1.82) is 0 Å². The van der Waals surface area contributed by atoms with E-state index in [4.69, 9.17) is 0 Å². The van der Waals surface area contributed by atoms with Gasteiger partial charge < -0.3 is 9.88 Å². The fourth-order valence-corrected chi connectivity index (χ4v) is 5.74. The number of likely N-dealkylation sites (tertiary alicyclic amines) is 1. The minimum atomic E-state index is -3.29. The first-order valence-corrected chi connectivity index (χ1v) is 11.1. The molecule has 2 heterocycles. The molecule has 0 bridgehead atoms. The number of fused-ring (bicyclic) bond motifs is 1. The molecule has 1 aliphatic carbocycles. The highest BCUT2D eigenvalue weighted by Crippen LogP contribution is 2.25. The molecule has 1 aromatic heterocycles. The van der Waals surface area contributed by atoms with Crippen LogP contribution in [0, 0.1) is 5.92 Å². The molecule has 1 amide bonds. The van der Waals surface area contributed by atoms with Crippen LogP contribution in [0.4, 0.5) is 0 Å². The number of carbonyl (C=O) groups is 1. The lowest BCUT2D eigenvalue weighted by Gasteiger charge is -2.33. The number of carbonyl (C=O) groups excluding carboxylic acids is 1. The predicted octanol–water partition coefficient (Wildman–Crippen LogP) is 3.91. The van der Waals surface area contributed by atoms with Gasteiger partial charge in [-0.3, -0.25) is 4.79 Å². The fourth-order valence-electron chi connectivity index (χ4n) is 3.98. The van der Waals surface area contributed by atoms with Crippen molar-refractivity contribution in [2.75, 3.05) is 18.8 Å². The Labute approximate surface area is 161 Å². The molecule has 4 rings (SSSR count). The van der Waals surface area contributed by atoms with Gasteiger partial charge in [-0.05, 0) is 61.3 Å². The summed E-state index contributed by atoms with van der Waals surface area (Å²) in [5.74, 6) is 0.0753. The topological polar surface area (TPSA) is 70.2 Å². The molecule has 1 N–H and O–H groups in total. The maximum absolute atomic E-state index is 12.9. The quantitative estimate of drug-likeness (QED) is 0.866. The third kappa shape index (κ3) is 3.86. The minimum Gasteiger partial charge on any atom is -0.361 e. The first-order chi connectivity index (χ1) is 13.0. The van der Waals surface area contributed by atoms with Crippen LogP contribution in [0.15, 0.2) is 53.6 Å². The lowest BCUT2D eigenvalue weighted by Crippen LogP contribution is -2.42. The van der Waals surface area contributed by atoms with E-state index in [1.807, 2.05) is 42.6 Å². The van der Waals surface area contributed by atoms with Crippen LogP contribution in [0.25, 0.3) is 10.9 Å². The predicted molar refractivity (Wildman–Crippen MR) is 109 cm³/mol. The van der Waals surface area contributed by atoms with Gasteiger partial charge in [0.15, 0.2) is 9.84 Å². The van der Waals surface area contributed by atoms with Crippen molar-refractivity contribution < 1.29 is 14.6 Å². The van der Waals surface area contributed by atoms with Crippen molar-refractivity contribution in [3.63, 3.8) is 0 Å². The van der Waals surface area contributed by atoms with E-state index in [0.29, 0.717) is 23.6 Å². The summed E-state index contributed by atoms with van der Waals surface area (Å²) < 4.78 is 25.4. The van der Waals surface area contributed by atoms with E-state index in [1.54, 1.807) is 11.0 Å². The fraction of sp³-hybridized carbons (Fsp3) is 0.381. The molecule has 1 unspecified atom stereocenters. The number of amides is 1. The first-order valence-electron chi connectivity index (χ1n) is 9.49. The van der Waals surface area contributed by atoms with Gasteiger partial charge in [-0.25, -0.2) is 8.42 Å². The van der Waals surface area contributed by atoms with Crippen LogP contribution in [0.2, 0.25) is 0 Å². The number of hydrogen-bond acceptors (Lipinski definition) is 3. The van der Waals surface area contributed by atoms with Crippen molar-refractivity contribution in [3.05, 3.63) is 59.2 Å². The lowest BCUT2D eigenvalue weighted by atomic mass is 9.99. The number of sulfone groups is 1. The molecule has 1 saturated heterocycles. The van der Waals surface area contributed by atoms with Crippen molar-refractivity contribution in [3.8, 4) is 0 Å². The number of hydrogen-bond donors (Lipinski definition) is 1. The van der Waals surface area contributed by atoms with E-state index in [1.165, 1.54) is 0 Å². The number of nitrogens with one attached hydrogen (secondary N) is 1. The van der Waals surface area contributed by atoms with E-state index in [9.17, 15) is 13.2 Å². The molecule has 2 aliphatic rings.